The average Bonchev–Trinajstić information content (AvgIpc) is 2.01. The van der Waals surface area contributed by atoms with Crippen LogP contribution in [0, 0.1) is 12.3 Å². The number of hydrogen-bond acceptors (Lipinski definition) is 3. The Bertz CT molecular complexity index is 114. The summed E-state index contributed by atoms with van der Waals surface area (Å²) >= 11 is 0. The van der Waals surface area contributed by atoms with Crippen LogP contribution in [0.15, 0.2) is 0 Å². The lowest BCUT2D eigenvalue weighted by molar-refractivity contribution is 0.150. The number of nitrogens with one attached hydrogen (secondary N) is 1. The molecule has 0 saturated carbocycles. The first kappa shape index (κ1) is 10.4. The van der Waals surface area contributed by atoms with E-state index in [-0.39, 0.29) is 12.6 Å². The molecule has 0 aromatic carbocycles. The van der Waals surface area contributed by atoms with Gasteiger partial charge in [0.25, 0.3) is 0 Å². The zero-order chi connectivity index (χ0) is 8.53. The predicted octanol–water partition coefficient (Wildman–Crippen LogP) is -0.393. The van der Waals surface area contributed by atoms with Crippen LogP contribution in [0.4, 0.5) is 0 Å². The number of hydrogen-bond donors (Lipinski definition) is 2. The van der Waals surface area contributed by atoms with Gasteiger partial charge in [0.15, 0.2) is 0 Å². The van der Waals surface area contributed by atoms with E-state index in [4.69, 9.17) is 16.3 Å². The van der Waals surface area contributed by atoms with Crippen LogP contribution in [-0.4, -0.2) is 38.0 Å². The van der Waals surface area contributed by atoms with Gasteiger partial charge in [0, 0.05) is 19.8 Å². The molecular weight excluding hydrogens is 142 g/mol. The Morgan fingerprint density at radius 3 is 2.91 bits per heavy atom. The third-order valence-corrected chi connectivity index (χ3v) is 1.34. The fraction of sp³-hybridized carbons (Fsp3) is 0.750. The molecular formula is C8H15NO2. The number of aliphatic hydroxyl groups is 1. The number of rotatable bonds is 6. The van der Waals surface area contributed by atoms with Crippen LogP contribution >= 0.6 is 0 Å². The number of terminal acetylenes is 1. The third kappa shape index (κ3) is 5.86. The SMILES string of the molecule is C#CCNC(CCO)COC. The molecule has 2 N–H and O–H groups in total. The van der Waals surface area contributed by atoms with E-state index in [0.717, 1.165) is 0 Å². The van der Waals surface area contributed by atoms with E-state index in [1.165, 1.54) is 0 Å². The largest absolute Gasteiger partial charge is 0.396 e. The molecule has 0 radical (unpaired) electrons. The highest BCUT2D eigenvalue weighted by atomic mass is 16.5. The molecule has 0 heterocycles. The maximum Gasteiger partial charge on any atom is 0.0617 e. The molecule has 0 saturated heterocycles. The molecule has 3 heteroatoms. The fourth-order valence-electron chi connectivity index (χ4n) is 0.805. The lowest BCUT2D eigenvalue weighted by Crippen LogP contribution is -2.34. The molecule has 0 aliphatic rings. The highest BCUT2D eigenvalue weighted by molar-refractivity contribution is 4.88. The second kappa shape index (κ2) is 7.55. The summed E-state index contributed by atoms with van der Waals surface area (Å²) in [4.78, 5) is 0. The van der Waals surface area contributed by atoms with Crippen molar-refractivity contribution in [1.82, 2.24) is 5.32 Å². The number of ether oxygens (including phenoxy) is 1. The molecule has 0 rings (SSSR count). The average molecular weight is 157 g/mol. The van der Waals surface area contributed by atoms with Crippen LogP contribution in [0.5, 0.6) is 0 Å². The molecule has 0 aromatic heterocycles. The van der Waals surface area contributed by atoms with Crippen molar-refractivity contribution in [2.45, 2.75) is 12.5 Å². The maximum atomic E-state index is 8.62. The molecule has 0 spiro atoms. The number of methoxy groups -OCH3 is 1. The molecule has 0 bridgehead atoms. The van der Waals surface area contributed by atoms with E-state index < -0.39 is 0 Å². The minimum absolute atomic E-state index is 0.158. The molecule has 0 amide bonds. The minimum atomic E-state index is 0.158. The Balaban J connectivity index is 3.44. The summed E-state index contributed by atoms with van der Waals surface area (Å²) in [5, 5.41) is 11.7. The first-order valence-electron chi connectivity index (χ1n) is 3.61. The van der Waals surface area contributed by atoms with Crippen molar-refractivity contribution in [3.63, 3.8) is 0 Å². The summed E-state index contributed by atoms with van der Waals surface area (Å²) in [7, 11) is 1.63. The van der Waals surface area contributed by atoms with Gasteiger partial charge in [-0.05, 0) is 6.42 Å². The molecule has 1 unspecified atom stereocenters. The van der Waals surface area contributed by atoms with Gasteiger partial charge in [-0.25, -0.2) is 0 Å². The number of aliphatic hydroxyl groups excluding tert-OH is 1. The van der Waals surface area contributed by atoms with Gasteiger partial charge in [-0.2, -0.15) is 0 Å². The Morgan fingerprint density at radius 2 is 2.45 bits per heavy atom. The lowest BCUT2D eigenvalue weighted by atomic mass is 10.2. The van der Waals surface area contributed by atoms with Crippen molar-refractivity contribution in [3.05, 3.63) is 0 Å². The van der Waals surface area contributed by atoms with Crippen LogP contribution in [0.3, 0.4) is 0 Å². The third-order valence-electron chi connectivity index (χ3n) is 1.34. The van der Waals surface area contributed by atoms with E-state index >= 15 is 0 Å². The fourth-order valence-corrected chi connectivity index (χ4v) is 0.805. The smallest absolute Gasteiger partial charge is 0.0617 e. The Morgan fingerprint density at radius 1 is 1.73 bits per heavy atom. The summed E-state index contributed by atoms with van der Waals surface area (Å²) < 4.78 is 4.91. The Kier molecular flexibility index (Phi) is 7.16. The summed E-state index contributed by atoms with van der Waals surface area (Å²) in [6.45, 7) is 1.27. The van der Waals surface area contributed by atoms with E-state index in [9.17, 15) is 0 Å². The minimum Gasteiger partial charge on any atom is -0.396 e. The maximum absolute atomic E-state index is 8.62. The normalized spacial score (nSPS) is 12.5. The molecule has 0 aliphatic heterocycles. The van der Waals surface area contributed by atoms with Crippen LogP contribution in [0.2, 0.25) is 0 Å². The van der Waals surface area contributed by atoms with E-state index in [1.54, 1.807) is 7.11 Å². The molecule has 64 valence electrons. The van der Waals surface area contributed by atoms with E-state index in [0.29, 0.717) is 19.6 Å². The summed E-state index contributed by atoms with van der Waals surface area (Å²) in [6, 6.07) is 0.168. The summed E-state index contributed by atoms with van der Waals surface area (Å²) in [6.07, 6.45) is 5.73. The van der Waals surface area contributed by atoms with Crippen molar-refractivity contribution in [2.75, 3.05) is 26.9 Å². The zero-order valence-electron chi connectivity index (χ0n) is 6.84. The summed E-state index contributed by atoms with van der Waals surface area (Å²) in [5.74, 6) is 2.47. The molecule has 0 fully saturated rings. The zero-order valence-corrected chi connectivity index (χ0v) is 6.84. The Labute approximate surface area is 67.8 Å². The second-order valence-electron chi connectivity index (χ2n) is 2.25. The van der Waals surface area contributed by atoms with Gasteiger partial charge >= 0.3 is 0 Å². The molecule has 3 nitrogen and oxygen atoms in total. The van der Waals surface area contributed by atoms with Crippen LogP contribution in [0.1, 0.15) is 6.42 Å². The van der Waals surface area contributed by atoms with Crippen LogP contribution in [0.25, 0.3) is 0 Å². The van der Waals surface area contributed by atoms with Crippen LogP contribution in [-0.2, 0) is 4.74 Å². The Hall–Kier alpha value is -0.560. The van der Waals surface area contributed by atoms with Gasteiger partial charge in [0.05, 0.1) is 13.2 Å². The van der Waals surface area contributed by atoms with Crippen molar-refractivity contribution >= 4 is 0 Å². The predicted molar refractivity (Wildman–Crippen MR) is 44.2 cm³/mol. The van der Waals surface area contributed by atoms with Gasteiger partial charge in [0.1, 0.15) is 0 Å². The van der Waals surface area contributed by atoms with E-state index in [1.807, 2.05) is 0 Å². The monoisotopic (exact) mass is 157 g/mol. The topological polar surface area (TPSA) is 41.5 Å². The first-order chi connectivity index (χ1) is 5.35. The van der Waals surface area contributed by atoms with E-state index in [2.05, 4.69) is 11.2 Å². The summed E-state index contributed by atoms with van der Waals surface area (Å²) in [5.41, 5.74) is 0. The van der Waals surface area contributed by atoms with Gasteiger partial charge in [-0.3, -0.25) is 0 Å². The lowest BCUT2D eigenvalue weighted by Gasteiger charge is -2.14. The van der Waals surface area contributed by atoms with Gasteiger partial charge < -0.3 is 15.2 Å². The standard InChI is InChI=1S/C8H15NO2/c1-3-5-9-8(4-6-10)7-11-2/h1,8-10H,4-7H2,2H3. The van der Waals surface area contributed by atoms with Crippen LogP contribution < -0.4 is 5.32 Å². The quantitative estimate of drug-likeness (QED) is 0.516. The highest BCUT2D eigenvalue weighted by Gasteiger charge is 2.04. The van der Waals surface area contributed by atoms with Crippen molar-refractivity contribution in [3.8, 4) is 12.3 Å². The van der Waals surface area contributed by atoms with Gasteiger partial charge in [-0.1, -0.05) is 5.92 Å². The van der Waals surface area contributed by atoms with Crippen molar-refractivity contribution in [1.29, 1.82) is 0 Å². The van der Waals surface area contributed by atoms with Gasteiger partial charge in [-0.15, -0.1) is 6.42 Å². The van der Waals surface area contributed by atoms with Crippen molar-refractivity contribution < 1.29 is 9.84 Å². The highest BCUT2D eigenvalue weighted by Crippen LogP contribution is 1.90. The van der Waals surface area contributed by atoms with Crippen molar-refractivity contribution in [2.24, 2.45) is 0 Å². The molecule has 1 atom stereocenters. The van der Waals surface area contributed by atoms with Gasteiger partial charge in [0.2, 0.25) is 0 Å². The first-order valence-corrected chi connectivity index (χ1v) is 3.61. The molecule has 0 aliphatic carbocycles. The molecule has 0 aromatic rings. The molecule has 11 heavy (non-hydrogen) atoms. The second-order valence-corrected chi connectivity index (χ2v) is 2.25.